The molecule has 1 heterocycles. The molecule has 0 saturated carbocycles. The molecule has 5 heteroatoms. The molecule has 1 amide bonds. The fourth-order valence-electron chi connectivity index (χ4n) is 2.31. The van der Waals surface area contributed by atoms with E-state index in [-0.39, 0.29) is 11.5 Å². The molecule has 100 valence electrons. The number of carbonyl (C=O) groups is 2. The molecule has 0 spiro atoms. The standard InChI is InChI=1S/C15H12N2O3/c18-14-11-7-3-4-8-12(11)16-13(17-14)9-5-1-2-6-10(9)15(19)20/h1-8,13,16H,(H,17,18)(H,19,20). The highest BCUT2D eigenvalue weighted by molar-refractivity contribution is 6.02. The van der Waals surface area contributed by atoms with Crippen molar-refractivity contribution in [2.24, 2.45) is 0 Å². The van der Waals surface area contributed by atoms with Crippen LogP contribution < -0.4 is 10.6 Å². The van der Waals surface area contributed by atoms with Gasteiger partial charge in [0.1, 0.15) is 6.17 Å². The van der Waals surface area contributed by atoms with Crippen LogP contribution in [0.2, 0.25) is 0 Å². The molecule has 1 aliphatic rings. The number of nitrogens with one attached hydrogen (secondary N) is 2. The summed E-state index contributed by atoms with van der Waals surface area (Å²) in [7, 11) is 0. The minimum Gasteiger partial charge on any atom is -0.478 e. The molecule has 3 N–H and O–H groups in total. The Labute approximate surface area is 115 Å². The predicted octanol–water partition coefficient (Wildman–Crippen LogP) is 2.24. The Hall–Kier alpha value is -2.82. The quantitative estimate of drug-likeness (QED) is 0.780. The number of carbonyl (C=O) groups excluding carboxylic acids is 1. The number of fused-ring (bicyclic) bond motifs is 1. The van der Waals surface area contributed by atoms with Gasteiger partial charge in [-0.1, -0.05) is 30.3 Å². The molecule has 20 heavy (non-hydrogen) atoms. The summed E-state index contributed by atoms with van der Waals surface area (Å²) in [6, 6.07) is 13.7. The number of rotatable bonds is 2. The largest absolute Gasteiger partial charge is 0.478 e. The van der Waals surface area contributed by atoms with Crippen LogP contribution in [-0.4, -0.2) is 17.0 Å². The third-order valence-electron chi connectivity index (χ3n) is 3.25. The third-order valence-corrected chi connectivity index (χ3v) is 3.25. The fraction of sp³-hybridized carbons (Fsp3) is 0.0667. The van der Waals surface area contributed by atoms with Crippen molar-refractivity contribution in [3.8, 4) is 0 Å². The zero-order valence-corrected chi connectivity index (χ0v) is 10.5. The zero-order valence-electron chi connectivity index (χ0n) is 10.5. The molecule has 0 bridgehead atoms. The lowest BCUT2D eigenvalue weighted by atomic mass is 10.0. The summed E-state index contributed by atoms with van der Waals surface area (Å²) < 4.78 is 0. The monoisotopic (exact) mass is 268 g/mol. The Bertz CT molecular complexity index is 697. The highest BCUT2D eigenvalue weighted by atomic mass is 16.4. The Morgan fingerprint density at radius 2 is 1.70 bits per heavy atom. The second-order valence-electron chi connectivity index (χ2n) is 4.49. The highest BCUT2D eigenvalue weighted by Crippen LogP contribution is 2.27. The van der Waals surface area contributed by atoms with Crippen LogP contribution in [0.3, 0.4) is 0 Å². The first-order valence-corrected chi connectivity index (χ1v) is 6.15. The summed E-state index contributed by atoms with van der Waals surface area (Å²) in [6.07, 6.45) is -0.551. The van der Waals surface area contributed by atoms with E-state index in [0.717, 1.165) is 0 Å². The Morgan fingerprint density at radius 1 is 1.00 bits per heavy atom. The molecular formula is C15H12N2O3. The van der Waals surface area contributed by atoms with Crippen LogP contribution >= 0.6 is 0 Å². The number of anilines is 1. The number of carboxylic acid groups (broad SMARTS) is 1. The van der Waals surface area contributed by atoms with Crippen LogP contribution in [0.1, 0.15) is 32.4 Å². The minimum atomic E-state index is -1.02. The Balaban J connectivity index is 2.02. The van der Waals surface area contributed by atoms with Gasteiger partial charge in [-0.2, -0.15) is 0 Å². The van der Waals surface area contributed by atoms with Crippen LogP contribution in [0, 0.1) is 0 Å². The SMILES string of the molecule is O=C1NC(c2ccccc2C(=O)O)Nc2ccccc21. The number of carboxylic acids is 1. The summed E-state index contributed by atoms with van der Waals surface area (Å²) in [5.74, 6) is -1.24. The maximum Gasteiger partial charge on any atom is 0.336 e. The van der Waals surface area contributed by atoms with E-state index in [4.69, 9.17) is 0 Å². The molecular weight excluding hydrogens is 256 g/mol. The minimum absolute atomic E-state index is 0.171. The van der Waals surface area contributed by atoms with Gasteiger partial charge in [0.2, 0.25) is 0 Å². The number of benzene rings is 2. The average molecular weight is 268 g/mol. The van der Waals surface area contributed by atoms with Crippen molar-refractivity contribution in [1.82, 2.24) is 5.32 Å². The molecule has 2 aromatic rings. The normalized spacial score (nSPS) is 16.8. The second-order valence-corrected chi connectivity index (χ2v) is 4.49. The molecule has 0 saturated heterocycles. The topological polar surface area (TPSA) is 78.4 Å². The van der Waals surface area contributed by atoms with Gasteiger partial charge in [-0.15, -0.1) is 0 Å². The number of aromatic carboxylic acids is 1. The van der Waals surface area contributed by atoms with Crippen LogP contribution in [-0.2, 0) is 0 Å². The van der Waals surface area contributed by atoms with E-state index in [1.165, 1.54) is 6.07 Å². The lowest BCUT2D eigenvalue weighted by Crippen LogP contribution is -2.39. The van der Waals surface area contributed by atoms with Gasteiger partial charge in [-0.3, -0.25) is 4.79 Å². The van der Waals surface area contributed by atoms with E-state index in [1.807, 2.05) is 6.07 Å². The average Bonchev–Trinajstić information content (AvgIpc) is 2.47. The van der Waals surface area contributed by atoms with Gasteiger partial charge in [0.15, 0.2) is 0 Å². The Morgan fingerprint density at radius 3 is 2.50 bits per heavy atom. The summed E-state index contributed by atoms with van der Waals surface area (Å²) in [6.45, 7) is 0. The zero-order chi connectivity index (χ0) is 14.1. The first-order chi connectivity index (χ1) is 9.66. The third kappa shape index (κ3) is 1.99. The van der Waals surface area contributed by atoms with E-state index in [0.29, 0.717) is 16.8 Å². The van der Waals surface area contributed by atoms with Gasteiger partial charge in [0.05, 0.1) is 11.1 Å². The molecule has 3 rings (SSSR count). The number of hydrogen-bond donors (Lipinski definition) is 3. The first kappa shape index (κ1) is 12.2. The van der Waals surface area contributed by atoms with Crippen LogP contribution in [0.15, 0.2) is 48.5 Å². The van der Waals surface area contributed by atoms with E-state index in [2.05, 4.69) is 10.6 Å². The molecule has 0 radical (unpaired) electrons. The van der Waals surface area contributed by atoms with E-state index < -0.39 is 12.1 Å². The van der Waals surface area contributed by atoms with Crippen LogP contribution in [0.5, 0.6) is 0 Å². The molecule has 0 aliphatic carbocycles. The van der Waals surface area contributed by atoms with Crippen molar-refractivity contribution in [1.29, 1.82) is 0 Å². The number of para-hydroxylation sites is 1. The van der Waals surface area contributed by atoms with Crippen molar-refractivity contribution in [2.75, 3.05) is 5.32 Å². The van der Waals surface area contributed by atoms with Crippen LogP contribution in [0.25, 0.3) is 0 Å². The fourth-order valence-corrected chi connectivity index (χ4v) is 2.31. The van der Waals surface area contributed by atoms with E-state index in [9.17, 15) is 14.7 Å². The second kappa shape index (κ2) is 4.70. The maximum absolute atomic E-state index is 12.1. The van der Waals surface area contributed by atoms with Gasteiger partial charge >= 0.3 is 5.97 Å². The lowest BCUT2D eigenvalue weighted by Gasteiger charge is -2.28. The van der Waals surface area contributed by atoms with E-state index >= 15 is 0 Å². The van der Waals surface area contributed by atoms with Gasteiger partial charge < -0.3 is 15.7 Å². The van der Waals surface area contributed by atoms with Crippen LogP contribution in [0.4, 0.5) is 5.69 Å². The van der Waals surface area contributed by atoms with Gasteiger partial charge in [0.25, 0.3) is 5.91 Å². The van der Waals surface area contributed by atoms with Gasteiger partial charge in [-0.05, 0) is 18.2 Å². The predicted molar refractivity (Wildman–Crippen MR) is 73.7 cm³/mol. The molecule has 1 unspecified atom stereocenters. The molecule has 1 atom stereocenters. The molecule has 0 aromatic heterocycles. The van der Waals surface area contributed by atoms with Crippen molar-refractivity contribution >= 4 is 17.6 Å². The summed E-state index contributed by atoms with van der Waals surface area (Å²) in [5, 5.41) is 15.1. The van der Waals surface area contributed by atoms with Crippen molar-refractivity contribution in [2.45, 2.75) is 6.17 Å². The van der Waals surface area contributed by atoms with Crippen molar-refractivity contribution < 1.29 is 14.7 Å². The molecule has 0 fully saturated rings. The summed E-state index contributed by atoms with van der Waals surface area (Å²) in [4.78, 5) is 23.3. The van der Waals surface area contributed by atoms with Crippen molar-refractivity contribution in [3.63, 3.8) is 0 Å². The smallest absolute Gasteiger partial charge is 0.336 e. The molecule has 2 aromatic carbocycles. The number of amides is 1. The summed E-state index contributed by atoms with van der Waals surface area (Å²) >= 11 is 0. The maximum atomic E-state index is 12.1. The van der Waals surface area contributed by atoms with E-state index in [1.54, 1.807) is 36.4 Å². The van der Waals surface area contributed by atoms with Crippen molar-refractivity contribution in [3.05, 3.63) is 65.2 Å². The highest BCUT2D eigenvalue weighted by Gasteiger charge is 2.26. The first-order valence-electron chi connectivity index (χ1n) is 6.15. The van der Waals surface area contributed by atoms with Gasteiger partial charge in [0, 0.05) is 11.3 Å². The summed E-state index contributed by atoms with van der Waals surface area (Å²) in [5.41, 5.74) is 1.95. The van der Waals surface area contributed by atoms with Gasteiger partial charge in [-0.25, -0.2) is 4.79 Å². The molecule has 1 aliphatic heterocycles. The lowest BCUT2D eigenvalue weighted by molar-refractivity contribution is 0.0693. The number of hydrogen-bond acceptors (Lipinski definition) is 3. The Kier molecular flexibility index (Phi) is 2.87. The molecule has 5 nitrogen and oxygen atoms in total.